The van der Waals surface area contributed by atoms with E-state index in [2.05, 4.69) is 31.9 Å². The summed E-state index contributed by atoms with van der Waals surface area (Å²) in [7, 11) is 1.79. The zero-order chi connectivity index (χ0) is 18.0. The standard InChI is InChI=1S/C19H28N6O.HI/c1-20-19(21-10-4-5-11-25-14-23-24-15-25)22-12-17-6-2-3-7-18(17)26-13-16-8-9-16;/h2-3,6-7,14-16H,4-5,8-13H2,1H3,(H2,20,21,22);1H. The van der Waals surface area contributed by atoms with E-state index in [-0.39, 0.29) is 24.0 Å². The summed E-state index contributed by atoms with van der Waals surface area (Å²) in [4.78, 5) is 4.29. The Balaban J connectivity index is 0.00000261. The normalized spacial score (nSPS) is 13.7. The van der Waals surface area contributed by atoms with Crippen molar-refractivity contribution in [2.45, 2.75) is 38.8 Å². The summed E-state index contributed by atoms with van der Waals surface area (Å²) in [5.74, 6) is 2.53. The minimum absolute atomic E-state index is 0. The minimum atomic E-state index is 0. The number of nitrogens with zero attached hydrogens (tertiary/aromatic N) is 4. The fourth-order valence-corrected chi connectivity index (χ4v) is 2.65. The molecule has 1 aromatic carbocycles. The number of aliphatic imine (C=N–C) groups is 1. The van der Waals surface area contributed by atoms with Crippen molar-refractivity contribution in [3.63, 3.8) is 0 Å². The van der Waals surface area contributed by atoms with Crippen molar-refractivity contribution in [1.29, 1.82) is 0 Å². The summed E-state index contributed by atoms with van der Waals surface area (Å²) in [5, 5.41) is 14.3. The molecule has 0 aliphatic heterocycles. The SMILES string of the molecule is CN=C(NCCCCn1cnnc1)NCc1ccccc1OCC1CC1.I. The van der Waals surface area contributed by atoms with Gasteiger partial charge in [-0.15, -0.1) is 34.2 Å². The van der Waals surface area contributed by atoms with E-state index in [0.717, 1.165) is 55.7 Å². The summed E-state index contributed by atoms with van der Waals surface area (Å²) in [6.07, 6.45) is 8.22. The fourth-order valence-electron chi connectivity index (χ4n) is 2.65. The summed E-state index contributed by atoms with van der Waals surface area (Å²) in [6.45, 7) is 3.34. The predicted molar refractivity (Wildman–Crippen MR) is 118 cm³/mol. The van der Waals surface area contributed by atoms with Gasteiger partial charge in [0.1, 0.15) is 18.4 Å². The molecule has 1 saturated carbocycles. The molecule has 0 unspecified atom stereocenters. The second-order valence-electron chi connectivity index (χ2n) is 6.62. The van der Waals surface area contributed by atoms with Crippen molar-refractivity contribution in [1.82, 2.24) is 25.4 Å². The average Bonchev–Trinajstić information content (AvgIpc) is 3.36. The first kappa shape index (κ1) is 21.5. The van der Waals surface area contributed by atoms with Crippen LogP contribution in [-0.4, -0.2) is 40.9 Å². The second-order valence-corrected chi connectivity index (χ2v) is 6.62. The number of aromatic nitrogens is 3. The number of benzene rings is 1. The van der Waals surface area contributed by atoms with Gasteiger partial charge in [0.2, 0.25) is 0 Å². The number of para-hydroxylation sites is 1. The molecule has 1 aromatic heterocycles. The predicted octanol–water partition coefficient (Wildman–Crippen LogP) is 2.83. The first-order chi connectivity index (χ1) is 12.8. The molecule has 148 valence electrons. The van der Waals surface area contributed by atoms with E-state index in [1.807, 2.05) is 22.8 Å². The van der Waals surface area contributed by atoms with Crippen molar-refractivity contribution in [3.8, 4) is 5.75 Å². The molecular weight excluding hydrogens is 455 g/mol. The van der Waals surface area contributed by atoms with E-state index in [0.29, 0.717) is 6.54 Å². The van der Waals surface area contributed by atoms with Crippen molar-refractivity contribution < 1.29 is 4.74 Å². The van der Waals surface area contributed by atoms with Gasteiger partial charge in [-0.1, -0.05) is 18.2 Å². The summed E-state index contributed by atoms with van der Waals surface area (Å²) >= 11 is 0. The van der Waals surface area contributed by atoms with Crippen LogP contribution in [0.2, 0.25) is 0 Å². The van der Waals surface area contributed by atoms with Crippen LogP contribution in [0.25, 0.3) is 0 Å². The van der Waals surface area contributed by atoms with Crippen LogP contribution in [0.4, 0.5) is 0 Å². The maximum Gasteiger partial charge on any atom is 0.191 e. The highest BCUT2D eigenvalue weighted by Crippen LogP contribution is 2.30. The van der Waals surface area contributed by atoms with Gasteiger partial charge in [-0.05, 0) is 37.7 Å². The average molecular weight is 484 g/mol. The van der Waals surface area contributed by atoms with Crippen LogP contribution in [0, 0.1) is 5.92 Å². The number of halogens is 1. The molecule has 8 heteroatoms. The zero-order valence-corrected chi connectivity index (χ0v) is 18.1. The van der Waals surface area contributed by atoms with Gasteiger partial charge < -0.3 is 19.9 Å². The van der Waals surface area contributed by atoms with Gasteiger partial charge in [-0.2, -0.15) is 0 Å². The first-order valence-electron chi connectivity index (χ1n) is 9.33. The van der Waals surface area contributed by atoms with Crippen LogP contribution in [0.1, 0.15) is 31.2 Å². The fraction of sp³-hybridized carbons (Fsp3) is 0.526. The number of nitrogens with one attached hydrogen (secondary N) is 2. The smallest absolute Gasteiger partial charge is 0.191 e. The van der Waals surface area contributed by atoms with E-state index < -0.39 is 0 Å². The highest BCUT2D eigenvalue weighted by atomic mass is 127. The summed E-state index contributed by atoms with van der Waals surface area (Å²) in [6, 6.07) is 8.21. The maximum absolute atomic E-state index is 5.96. The van der Waals surface area contributed by atoms with Gasteiger partial charge in [-0.25, -0.2) is 0 Å². The molecular formula is C19H29IN6O. The minimum Gasteiger partial charge on any atom is -0.493 e. The molecule has 0 radical (unpaired) electrons. The Hall–Kier alpha value is -1.84. The molecule has 0 amide bonds. The van der Waals surface area contributed by atoms with E-state index >= 15 is 0 Å². The summed E-state index contributed by atoms with van der Waals surface area (Å²) < 4.78 is 7.95. The van der Waals surface area contributed by atoms with E-state index in [9.17, 15) is 0 Å². The van der Waals surface area contributed by atoms with E-state index in [4.69, 9.17) is 4.74 Å². The number of ether oxygens (including phenoxy) is 1. The maximum atomic E-state index is 5.96. The number of rotatable bonds is 10. The quantitative estimate of drug-likeness (QED) is 0.235. The lowest BCUT2D eigenvalue weighted by Gasteiger charge is -2.15. The largest absolute Gasteiger partial charge is 0.493 e. The van der Waals surface area contributed by atoms with Crippen molar-refractivity contribution in [2.24, 2.45) is 10.9 Å². The Labute approximate surface area is 178 Å². The van der Waals surface area contributed by atoms with Gasteiger partial charge in [0.05, 0.1) is 6.61 Å². The van der Waals surface area contributed by atoms with Crippen LogP contribution in [0.5, 0.6) is 5.75 Å². The monoisotopic (exact) mass is 484 g/mol. The molecule has 1 heterocycles. The van der Waals surface area contributed by atoms with Gasteiger partial charge in [0.25, 0.3) is 0 Å². The van der Waals surface area contributed by atoms with Gasteiger partial charge >= 0.3 is 0 Å². The zero-order valence-electron chi connectivity index (χ0n) is 15.8. The molecule has 1 fully saturated rings. The Morgan fingerprint density at radius 3 is 2.70 bits per heavy atom. The topological polar surface area (TPSA) is 76.4 Å². The Kier molecular flexibility index (Phi) is 9.37. The summed E-state index contributed by atoms with van der Waals surface area (Å²) in [5.41, 5.74) is 1.16. The lowest BCUT2D eigenvalue weighted by molar-refractivity contribution is 0.296. The third-order valence-electron chi connectivity index (χ3n) is 4.42. The van der Waals surface area contributed by atoms with Crippen molar-refractivity contribution in [3.05, 3.63) is 42.5 Å². The van der Waals surface area contributed by atoms with Gasteiger partial charge in [0.15, 0.2) is 5.96 Å². The molecule has 0 bridgehead atoms. The van der Waals surface area contributed by atoms with Crippen LogP contribution < -0.4 is 15.4 Å². The Morgan fingerprint density at radius 1 is 1.19 bits per heavy atom. The Morgan fingerprint density at radius 2 is 1.96 bits per heavy atom. The molecule has 27 heavy (non-hydrogen) atoms. The number of hydrogen-bond donors (Lipinski definition) is 2. The third-order valence-corrected chi connectivity index (χ3v) is 4.42. The van der Waals surface area contributed by atoms with Gasteiger partial charge in [-0.3, -0.25) is 4.99 Å². The number of unbranched alkanes of at least 4 members (excludes halogenated alkanes) is 1. The highest BCUT2D eigenvalue weighted by Gasteiger charge is 2.22. The lowest BCUT2D eigenvalue weighted by atomic mass is 10.2. The van der Waals surface area contributed by atoms with Crippen molar-refractivity contribution in [2.75, 3.05) is 20.2 Å². The van der Waals surface area contributed by atoms with Crippen LogP contribution in [0.15, 0.2) is 41.9 Å². The Bertz CT molecular complexity index is 687. The molecule has 1 aliphatic carbocycles. The molecule has 2 aromatic rings. The van der Waals surface area contributed by atoms with E-state index in [1.54, 1.807) is 19.7 Å². The second kappa shape index (κ2) is 11.8. The van der Waals surface area contributed by atoms with Crippen LogP contribution >= 0.6 is 24.0 Å². The van der Waals surface area contributed by atoms with Crippen molar-refractivity contribution >= 4 is 29.9 Å². The lowest BCUT2D eigenvalue weighted by Crippen LogP contribution is -2.37. The number of aryl methyl sites for hydroxylation is 1. The van der Waals surface area contributed by atoms with Crippen LogP contribution in [-0.2, 0) is 13.1 Å². The highest BCUT2D eigenvalue weighted by molar-refractivity contribution is 14.0. The third kappa shape index (κ3) is 7.74. The van der Waals surface area contributed by atoms with E-state index in [1.165, 1.54) is 12.8 Å². The molecule has 0 spiro atoms. The van der Waals surface area contributed by atoms with Gasteiger partial charge in [0, 0.05) is 32.2 Å². The molecule has 2 N–H and O–H groups in total. The first-order valence-corrected chi connectivity index (χ1v) is 9.33. The molecule has 1 aliphatic rings. The molecule has 7 nitrogen and oxygen atoms in total. The molecule has 3 rings (SSSR count). The van der Waals surface area contributed by atoms with Crippen LogP contribution in [0.3, 0.4) is 0 Å². The molecule has 0 atom stereocenters. The molecule has 0 saturated heterocycles. The number of hydrogen-bond acceptors (Lipinski definition) is 4. The number of guanidine groups is 1.